The van der Waals surface area contributed by atoms with Crippen LogP contribution in [0.25, 0.3) is 0 Å². The third-order valence-electron chi connectivity index (χ3n) is 5.07. The van der Waals surface area contributed by atoms with Crippen LogP contribution >= 0.6 is 0 Å². The first-order valence-electron chi connectivity index (χ1n) is 7.09. The number of carbonyl (C=O) groups is 1. The van der Waals surface area contributed by atoms with Crippen molar-refractivity contribution >= 4 is 5.97 Å². The summed E-state index contributed by atoms with van der Waals surface area (Å²) < 4.78 is 0. The smallest absolute Gasteiger partial charge is 0.310 e. The van der Waals surface area contributed by atoms with E-state index in [1.807, 2.05) is 13.8 Å². The van der Waals surface area contributed by atoms with E-state index < -0.39 is 11.4 Å². The second-order valence-corrected chi connectivity index (χ2v) is 5.86. The van der Waals surface area contributed by atoms with Gasteiger partial charge in [0.1, 0.15) is 0 Å². The maximum atomic E-state index is 11.4. The SMILES string of the molecule is CCC(CC)(CNC1CCC1C1CC1)C(=O)O. The summed E-state index contributed by atoms with van der Waals surface area (Å²) in [4.78, 5) is 11.4. The molecule has 2 fully saturated rings. The minimum absolute atomic E-state index is 0.552. The van der Waals surface area contributed by atoms with Crippen molar-refractivity contribution in [2.45, 2.75) is 58.4 Å². The second kappa shape index (κ2) is 4.97. The van der Waals surface area contributed by atoms with Crippen molar-refractivity contribution in [3.05, 3.63) is 0 Å². The first-order chi connectivity index (χ1) is 8.13. The Labute approximate surface area is 104 Å². The Morgan fingerprint density at radius 3 is 2.24 bits per heavy atom. The molecule has 2 atom stereocenters. The average molecular weight is 239 g/mol. The van der Waals surface area contributed by atoms with Crippen LogP contribution in [-0.4, -0.2) is 23.7 Å². The predicted molar refractivity (Wildman–Crippen MR) is 67.9 cm³/mol. The number of carboxylic acid groups (broad SMARTS) is 1. The normalized spacial score (nSPS) is 28.8. The number of nitrogens with one attached hydrogen (secondary N) is 1. The van der Waals surface area contributed by atoms with Crippen LogP contribution in [0.4, 0.5) is 0 Å². The van der Waals surface area contributed by atoms with Crippen LogP contribution < -0.4 is 5.32 Å². The van der Waals surface area contributed by atoms with Gasteiger partial charge in [-0.1, -0.05) is 13.8 Å². The van der Waals surface area contributed by atoms with Crippen molar-refractivity contribution in [1.29, 1.82) is 0 Å². The van der Waals surface area contributed by atoms with Gasteiger partial charge in [-0.25, -0.2) is 0 Å². The van der Waals surface area contributed by atoms with E-state index in [1.54, 1.807) is 0 Å². The predicted octanol–water partition coefficient (Wildman–Crippen LogP) is 2.66. The van der Waals surface area contributed by atoms with Crippen molar-refractivity contribution < 1.29 is 9.90 Å². The van der Waals surface area contributed by atoms with Crippen LogP contribution in [0.15, 0.2) is 0 Å². The number of rotatable bonds is 7. The van der Waals surface area contributed by atoms with Gasteiger partial charge in [0.25, 0.3) is 0 Å². The lowest BCUT2D eigenvalue weighted by molar-refractivity contribution is -0.149. The molecule has 0 aliphatic heterocycles. The minimum atomic E-state index is -0.641. The fourth-order valence-electron chi connectivity index (χ4n) is 3.07. The van der Waals surface area contributed by atoms with Gasteiger partial charge >= 0.3 is 5.97 Å². The van der Waals surface area contributed by atoms with Crippen molar-refractivity contribution in [2.75, 3.05) is 6.54 Å². The summed E-state index contributed by atoms with van der Waals surface area (Å²) in [6.07, 6.45) is 6.81. The van der Waals surface area contributed by atoms with Gasteiger partial charge in [-0.2, -0.15) is 0 Å². The molecule has 0 spiro atoms. The van der Waals surface area contributed by atoms with Crippen molar-refractivity contribution in [3.63, 3.8) is 0 Å². The zero-order chi connectivity index (χ0) is 12.5. The molecule has 0 aromatic carbocycles. The van der Waals surface area contributed by atoms with Gasteiger partial charge in [0, 0.05) is 12.6 Å². The summed E-state index contributed by atoms with van der Waals surface area (Å²) in [6, 6.07) is 0.597. The van der Waals surface area contributed by atoms with Gasteiger partial charge in [-0.05, 0) is 50.4 Å². The molecule has 17 heavy (non-hydrogen) atoms. The van der Waals surface area contributed by atoms with E-state index in [0.29, 0.717) is 25.4 Å². The Morgan fingerprint density at radius 2 is 1.88 bits per heavy atom. The summed E-state index contributed by atoms with van der Waals surface area (Å²) in [7, 11) is 0. The molecule has 0 radical (unpaired) electrons. The molecule has 0 saturated heterocycles. The average Bonchev–Trinajstić information content (AvgIpc) is 3.07. The Balaban J connectivity index is 1.84. The molecule has 0 aromatic heterocycles. The maximum Gasteiger partial charge on any atom is 0.310 e. The molecule has 2 rings (SSSR count). The third kappa shape index (κ3) is 2.49. The highest BCUT2D eigenvalue weighted by atomic mass is 16.4. The third-order valence-corrected chi connectivity index (χ3v) is 5.07. The fourth-order valence-corrected chi connectivity index (χ4v) is 3.07. The van der Waals surface area contributed by atoms with Crippen LogP contribution in [0.5, 0.6) is 0 Å². The van der Waals surface area contributed by atoms with Gasteiger partial charge < -0.3 is 10.4 Å². The summed E-state index contributed by atoms with van der Waals surface area (Å²) in [5.74, 6) is 1.15. The lowest BCUT2D eigenvalue weighted by Gasteiger charge is -2.40. The Hall–Kier alpha value is -0.570. The van der Waals surface area contributed by atoms with Crippen LogP contribution in [0, 0.1) is 17.3 Å². The lowest BCUT2D eigenvalue weighted by atomic mass is 9.75. The molecule has 3 nitrogen and oxygen atoms in total. The lowest BCUT2D eigenvalue weighted by Crippen LogP contribution is -2.50. The van der Waals surface area contributed by atoms with E-state index in [4.69, 9.17) is 0 Å². The zero-order valence-corrected chi connectivity index (χ0v) is 11.0. The molecule has 2 N–H and O–H groups in total. The largest absolute Gasteiger partial charge is 0.481 e. The highest BCUT2D eigenvalue weighted by Gasteiger charge is 2.43. The Bertz CT molecular complexity index is 282. The van der Waals surface area contributed by atoms with Crippen LogP contribution in [0.3, 0.4) is 0 Å². The number of aliphatic carboxylic acids is 1. The molecule has 0 aromatic rings. The van der Waals surface area contributed by atoms with Crippen LogP contribution in [0.2, 0.25) is 0 Å². The van der Waals surface area contributed by atoms with E-state index in [0.717, 1.165) is 11.8 Å². The van der Waals surface area contributed by atoms with Crippen LogP contribution in [0.1, 0.15) is 52.4 Å². The van der Waals surface area contributed by atoms with Gasteiger partial charge in [0.15, 0.2) is 0 Å². The zero-order valence-electron chi connectivity index (χ0n) is 11.0. The highest BCUT2D eigenvalue weighted by Crippen LogP contribution is 2.47. The minimum Gasteiger partial charge on any atom is -0.481 e. The molecule has 0 heterocycles. The number of hydrogen-bond donors (Lipinski definition) is 2. The number of carboxylic acids is 1. The molecule has 0 bridgehead atoms. The molecule has 2 aliphatic carbocycles. The van der Waals surface area contributed by atoms with E-state index in [-0.39, 0.29) is 0 Å². The summed E-state index contributed by atoms with van der Waals surface area (Å²) in [6.45, 7) is 4.61. The first-order valence-corrected chi connectivity index (χ1v) is 7.09. The van der Waals surface area contributed by atoms with E-state index in [9.17, 15) is 9.90 Å². The molecular weight excluding hydrogens is 214 g/mol. The first kappa shape index (κ1) is 12.9. The van der Waals surface area contributed by atoms with E-state index in [1.165, 1.54) is 25.7 Å². The molecule has 3 heteroatoms. The summed E-state index contributed by atoms with van der Waals surface area (Å²) >= 11 is 0. The fraction of sp³-hybridized carbons (Fsp3) is 0.929. The van der Waals surface area contributed by atoms with Gasteiger partial charge in [0.05, 0.1) is 5.41 Å². The standard InChI is InChI=1S/C14H25NO2/c1-3-14(4-2,13(16)17)9-15-12-8-7-11(12)10-5-6-10/h10-12,15H,3-9H2,1-2H3,(H,16,17). The molecule has 2 saturated carbocycles. The van der Waals surface area contributed by atoms with Crippen LogP contribution in [-0.2, 0) is 4.79 Å². The van der Waals surface area contributed by atoms with Gasteiger partial charge in [-0.3, -0.25) is 4.79 Å². The molecule has 98 valence electrons. The summed E-state index contributed by atoms with van der Waals surface area (Å²) in [5.41, 5.74) is -0.552. The second-order valence-electron chi connectivity index (χ2n) is 5.86. The van der Waals surface area contributed by atoms with E-state index >= 15 is 0 Å². The Morgan fingerprint density at radius 1 is 1.24 bits per heavy atom. The molecule has 2 aliphatic rings. The number of hydrogen-bond acceptors (Lipinski definition) is 2. The van der Waals surface area contributed by atoms with Crippen molar-refractivity contribution in [1.82, 2.24) is 5.32 Å². The topological polar surface area (TPSA) is 49.3 Å². The highest BCUT2D eigenvalue weighted by molar-refractivity contribution is 5.74. The van der Waals surface area contributed by atoms with Crippen molar-refractivity contribution in [3.8, 4) is 0 Å². The van der Waals surface area contributed by atoms with Gasteiger partial charge in [-0.15, -0.1) is 0 Å². The molecular formula is C14H25NO2. The maximum absolute atomic E-state index is 11.4. The van der Waals surface area contributed by atoms with Crippen molar-refractivity contribution in [2.24, 2.45) is 17.3 Å². The summed E-state index contributed by atoms with van der Waals surface area (Å²) in [5, 5.41) is 12.9. The quantitative estimate of drug-likeness (QED) is 0.718. The molecule has 2 unspecified atom stereocenters. The van der Waals surface area contributed by atoms with Gasteiger partial charge in [0.2, 0.25) is 0 Å². The Kier molecular flexibility index (Phi) is 3.76. The monoisotopic (exact) mass is 239 g/mol. The van der Waals surface area contributed by atoms with E-state index in [2.05, 4.69) is 5.32 Å². The molecule has 0 amide bonds.